The van der Waals surface area contributed by atoms with Crippen LogP contribution in [0, 0.1) is 0 Å². The van der Waals surface area contributed by atoms with E-state index in [1.807, 2.05) is 0 Å². The van der Waals surface area contributed by atoms with Crippen LogP contribution in [0.15, 0.2) is 29.3 Å². The van der Waals surface area contributed by atoms with E-state index in [0.717, 1.165) is 15.6 Å². The summed E-state index contributed by atoms with van der Waals surface area (Å²) in [5, 5.41) is -0.0511. The molecule has 1 aliphatic heterocycles. The Kier molecular flexibility index (Phi) is 5.55. The Bertz CT molecular complexity index is 1140. The molecule has 1 atom stereocenters. The third kappa shape index (κ3) is 4.48. The van der Waals surface area contributed by atoms with Crippen LogP contribution in [0.5, 0.6) is 0 Å². The molecule has 1 aliphatic rings. The quantitative estimate of drug-likeness (QED) is 0.589. The van der Waals surface area contributed by atoms with Gasteiger partial charge >= 0.3 is 12.4 Å². The van der Waals surface area contributed by atoms with Crippen molar-refractivity contribution >= 4 is 38.9 Å². The second-order valence-electron chi connectivity index (χ2n) is 7.05. The fourth-order valence-electron chi connectivity index (χ4n) is 3.04. The highest BCUT2D eigenvalue weighted by atomic mass is 35.5. The summed E-state index contributed by atoms with van der Waals surface area (Å²) in [6, 6.07) is 2.35. The maximum absolute atomic E-state index is 13.2. The minimum absolute atomic E-state index is 0.0112. The minimum atomic E-state index is -5.01. The minimum Gasteiger partial charge on any atom is -0.369 e. The highest BCUT2D eigenvalue weighted by molar-refractivity contribution is 7.89. The van der Waals surface area contributed by atoms with Crippen LogP contribution in [0.25, 0.3) is 10.4 Å². The number of benzene rings is 1. The Morgan fingerprint density at radius 1 is 1.10 bits per heavy atom. The van der Waals surface area contributed by atoms with Crippen molar-refractivity contribution in [2.75, 3.05) is 12.8 Å². The maximum atomic E-state index is 13.2. The number of hydrogen-bond acceptors (Lipinski definition) is 5. The number of alkyl halides is 6. The number of nitrogens with zero attached hydrogens (tertiary/aromatic N) is 2. The van der Waals surface area contributed by atoms with Gasteiger partial charge in [0.15, 0.2) is 0 Å². The first-order valence-corrected chi connectivity index (χ1v) is 11.2. The van der Waals surface area contributed by atoms with Gasteiger partial charge in [-0.15, -0.1) is 11.3 Å². The third-order valence-corrected chi connectivity index (χ3v) is 8.41. The van der Waals surface area contributed by atoms with Gasteiger partial charge in [0.05, 0.1) is 26.8 Å². The van der Waals surface area contributed by atoms with Crippen LogP contribution in [-0.4, -0.2) is 31.5 Å². The molecule has 0 saturated heterocycles. The van der Waals surface area contributed by atoms with Gasteiger partial charge < -0.3 is 5.73 Å². The molecular formula is C17H14ClF6N3O2S2. The first-order chi connectivity index (χ1) is 13.9. The van der Waals surface area contributed by atoms with Crippen molar-refractivity contribution in [2.45, 2.75) is 24.8 Å². The molecule has 14 heteroatoms. The molecule has 0 bridgehead atoms. The van der Waals surface area contributed by atoms with Crippen LogP contribution in [-0.2, 0) is 27.9 Å². The molecule has 2 heterocycles. The van der Waals surface area contributed by atoms with Crippen LogP contribution in [0.3, 0.4) is 0 Å². The lowest BCUT2D eigenvalue weighted by Crippen LogP contribution is -2.50. The summed E-state index contributed by atoms with van der Waals surface area (Å²) >= 11 is 6.95. The van der Waals surface area contributed by atoms with Gasteiger partial charge in [0.25, 0.3) is 0 Å². The Morgan fingerprint density at radius 2 is 1.61 bits per heavy atom. The highest BCUT2D eigenvalue weighted by Gasteiger charge is 2.43. The van der Waals surface area contributed by atoms with Crippen molar-refractivity contribution in [3.05, 3.63) is 45.3 Å². The van der Waals surface area contributed by atoms with Crippen LogP contribution in [0.4, 0.5) is 26.3 Å². The summed E-state index contributed by atoms with van der Waals surface area (Å²) in [5.74, 6) is -0.856. The Morgan fingerprint density at radius 3 is 2.06 bits per heavy atom. The molecule has 0 spiro atoms. The predicted molar refractivity (Wildman–Crippen MR) is 105 cm³/mol. The molecule has 1 aromatic heterocycles. The largest absolute Gasteiger partial charge is 0.416 e. The number of thiophene rings is 1. The average Bonchev–Trinajstić information content (AvgIpc) is 3.00. The Balaban J connectivity index is 2.18. The molecule has 5 nitrogen and oxygen atoms in total. The van der Waals surface area contributed by atoms with Crippen molar-refractivity contribution in [3.63, 3.8) is 0 Å². The molecule has 31 heavy (non-hydrogen) atoms. The normalized spacial score (nSPS) is 21.8. The van der Waals surface area contributed by atoms with E-state index >= 15 is 0 Å². The second kappa shape index (κ2) is 7.27. The molecule has 170 valence electrons. The molecule has 3 rings (SSSR count). The number of nitrogens with two attached hydrogens (primary N) is 1. The number of guanidine groups is 1. The first-order valence-electron chi connectivity index (χ1n) is 8.36. The lowest BCUT2D eigenvalue weighted by molar-refractivity contribution is -0.143. The third-order valence-electron chi connectivity index (χ3n) is 4.61. The van der Waals surface area contributed by atoms with Gasteiger partial charge in [-0.05, 0) is 36.8 Å². The summed E-state index contributed by atoms with van der Waals surface area (Å²) in [6.07, 6.45) is -10.0. The molecular weight excluding hydrogens is 492 g/mol. The van der Waals surface area contributed by atoms with Crippen molar-refractivity contribution in [2.24, 2.45) is 10.7 Å². The number of sulfonamides is 1. The SMILES string of the molecule is CN1C(N)=N[C@](C)(c2sc(-c3cc(C(F)(F)F)cc(C(F)(F)F)c3)cc2Cl)CS1(=O)=O. The molecule has 0 amide bonds. The lowest BCUT2D eigenvalue weighted by Gasteiger charge is -2.33. The zero-order valence-corrected chi connectivity index (χ0v) is 18.2. The molecule has 0 saturated carbocycles. The standard InChI is InChI=1S/C17H14ClF6N3O2S2/c1-15(7-31(28,29)27(2)14(25)26-15)13-11(18)6-12(30-13)8-3-9(16(19,20)21)5-10(4-8)17(22,23)24/h3-6H,7H2,1-2H3,(H2,25,26)/t15-/m0/s1. The molecule has 0 radical (unpaired) electrons. The van der Waals surface area contributed by atoms with E-state index in [4.69, 9.17) is 17.3 Å². The Hall–Kier alpha value is -1.99. The maximum Gasteiger partial charge on any atom is 0.416 e. The first kappa shape index (κ1) is 23.7. The average molecular weight is 506 g/mol. The van der Waals surface area contributed by atoms with Crippen molar-refractivity contribution in [1.29, 1.82) is 0 Å². The monoisotopic (exact) mass is 505 g/mol. The zero-order chi connectivity index (χ0) is 23.6. The van der Waals surface area contributed by atoms with Gasteiger partial charge in [-0.25, -0.2) is 17.7 Å². The highest BCUT2D eigenvalue weighted by Crippen LogP contribution is 2.46. The van der Waals surface area contributed by atoms with Gasteiger partial charge in [-0.3, -0.25) is 0 Å². The van der Waals surface area contributed by atoms with Crippen LogP contribution < -0.4 is 5.73 Å². The molecule has 0 aliphatic carbocycles. The van der Waals surface area contributed by atoms with Gasteiger partial charge in [-0.1, -0.05) is 11.6 Å². The van der Waals surface area contributed by atoms with E-state index in [1.165, 1.54) is 20.0 Å². The molecule has 2 aromatic rings. The fourth-order valence-corrected chi connectivity index (χ4v) is 6.19. The van der Waals surface area contributed by atoms with Crippen LogP contribution in [0.2, 0.25) is 5.02 Å². The molecule has 1 aromatic carbocycles. The van der Waals surface area contributed by atoms with Gasteiger partial charge in [0.2, 0.25) is 16.0 Å². The zero-order valence-electron chi connectivity index (χ0n) is 15.8. The van der Waals surface area contributed by atoms with Gasteiger partial charge in [0, 0.05) is 11.9 Å². The second-order valence-corrected chi connectivity index (χ2v) is 10.5. The summed E-state index contributed by atoms with van der Waals surface area (Å²) in [7, 11) is -2.66. The van der Waals surface area contributed by atoms with E-state index in [9.17, 15) is 34.8 Å². The number of halogens is 7. The van der Waals surface area contributed by atoms with Crippen molar-refractivity contribution in [1.82, 2.24) is 4.31 Å². The summed E-state index contributed by atoms with van der Waals surface area (Å²) in [5.41, 5.74) is 0.899. The topological polar surface area (TPSA) is 75.8 Å². The molecule has 0 fully saturated rings. The Labute approximate surface area is 182 Å². The smallest absolute Gasteiger partial charge is 0.369 e. The van der Waals surface area contributed by atoms with Gasteiger partial charge in [-0.2, -0.15) is 26.3 Å². The van der Waals surface area contributed by atoms with Crippen molar-refractivity contribution < 1.29 is 34.8 Å². The lowest BCUT2D eigenvalue weighted by atomic mass is 10.0. The number of aliphatic imine (C=N–C) groups is 1. The summed E-state index contributed by atoms with van der Waals surface area (Å²) in [4.78, 5) is 4.29. The number of rotatable bonds is 2. The van der Waals surface area contributed by atoms with Crippen molar-refractivity contribution in [3.8, 4) is 10.4 Å². The predicted octanol–water partition coefficient (Wildman–Crippen LogP) is 4.91. The van der Waals surface area contributed by atoms with E-state index in [1.54, 1.807) is 0 Å². The molecule has 2 N–H and O–H groups in total. The van der Waals surface area contributed by atoms with Gasteiger partial charge in [0.1, 0.15) is 5.54 Å². The van der Waals surface area contributed by atoms with E-state index < -0.39 is 44.8 Å². The summed E-state index contributed by atoms with van der Waals surface area (Å²) in [6.45, 7) is 1.42. The van der Waals surface area contributed by atoms with E-state index in [-0.39, 0.29) is 32.4 Å². The van der Waals surface area contributed by atoms with Crippen LogP contribution in [0.1, 0.15) is 22.9 Å². The summed E-state index contributed by atoms with van der Waals surface area (Å²) < 4.78 is 104. The van der Waals surface area contributed by atoms with E-state index in [2.05, 4.69) is 4.99 Å². The van der Waals surface area contributed by atoms with Crippen LogP contribution >= 0.6 is 22.9 Å². The fraction of sp³-hybridized carbons (Fsp3) is 0.353. The van der Waals surface area contributed by atoms with E-state index in [0.29, 0.717) is 12.1 Å². The molecule has 0 unspecified atom stereocenters. The number of hydrogen-bond donors (Lipinski definition) is 1.